The number of nitrogens with zero attached hydrogens (tertiary/aromatic N) is 2. The van der Waals surface area contributed by atoms with Crippen LogP contribution in [0.15, 0.2) is 18.2 Å². The number of morpholine rings is 1. The molecule has 144 valence electrons. The summed E-state index contributed by atoms with van der Waals surface area (Å²) in [5.41, 5.74) is 0.659. The van der Waals surface area contributed by atoms with Gasteiger partial charge in [-0.1, -0.05) is 6.07 Å². The lowest BCUT2D eigenvalue weighted by molar-refractivity contribution is -0.142. The lowest BCUT2D eigenvalue weighted by Gasteiger charge is -2.34. The largest absolute Gasteiger partial charge is 0.480 e. The molecule has 1 saturated heterocycles. The molecule has 0 aromatic heterocycles. The van der Waals surface area contributed by atoms with E-state index in [2.05, 4.69) is 0 Å². The minimum Gasteiger partial charge on any atom is -0.480 e. The van der Waals surface area contributed by atoms with Crippen molar-refractivity contribution < 1.29 is 28.2 Å². The summed E-state index contributed by atoms with van der Waals surface area (Å²) in [6, 6.07) is 3.77. The molecule has 0 spiro atoms. The van der Waals surface area contributed by atoms with Crippen molar-refractivity contribution in [2.75, 3.05) is 39.8 Å². The average Bonchev–Trinajstić information content (AvgIpc) is 2.57. The SMILES string of the molecule is CN(CC(=O)O)CC1CN(C(=O)CCCc2ccc(F)c(F)c2)CCO1. The van der Waals surface area contributed by atoms with Crippen LogP contribution in [0.4, 0.5) is 8.78 Å². The zero-order chi connectivity index (χ0) is 19.1. The highest BCUT2D eigenvalue weighted by molar-refractivity contribution is 5.76. The highest BCUT2D eigenvalue weighted by atomic mass is 19.2. The van der Waals surface area contributed by atoms with Crippen molar-refractivity contribution in [1.29, 1.82) is 0 Å². The number of likely N-dealkylation sites (N-methyl/N-ethyl adjacent to an activating group) is 1. The Morgan fingerprint density at radius 2 is 2.12 bits per heavy atom. The van der Waals surface area contributed by atoms with Gasteiger partial charge < -0.3 is 14.7 Å². The summed E-state index contributed by atoms with van der Waals surface area (Å²) >= 11 is 0. The van der Waals surface area contributed by atoms with Crippen LogP contribution < -0.4 is 0 Å². The molecule has 26 heavy (non-hydrogen) atoms. The Balaban J connectivity index is 1.75. The van der Waals surface area contributed by atoms with Crippen LogP contribution in [0.5, 0.6) is 0 Å². The monoisotopic (exact) mass is 370 g/mol. The van der Waals surface area contributed by atoms with Gasteiger partial charge in [-0.25, -0.2) is 8.78 Å². The summed E-state index contributed by atoms with van der Waals surface area (Å²) in [6.07, 6.45) is 1.14. The molecule has 1 amide bonds. The molecular weight excluding hydrogens is 346 g/mol. The van der Waals surface area contributed by atoms with E-state index in [-0.39, 0.29) is 18.6 Å². The number of carboxylic acids is 1. The third kappa shape index (κ3) is 6.34. The van der Waals surface area contributed by atoms with E-state index in [1.165, 1.54) is 6.07 Å². The van der Waals surface area contributed by atoms with Gasteiger partial charge >= 0.3 is 5.97 Å². The molecule has 6 nitrogen and oxygen atoms in total. The highest BCUT2D eigenvalue weighted by Crippen LogP contribution is 2.13. The van der Waals surface area contributed by atoms with Crippen molar-refractivity contribution in [3.8, 4) is 0 Å². The standard InChI is InChI=1S/C18H24F2N2O4/c1-21(12-18(24)25)10-14-11-22(7-8-26-14)17(23)4-2-3-13-5-6-15(19)16(20)9-13/h5-6,9,14H,2-4,7-8,10-12H2,1H3,(H,24,25). The average molecular weight is 370 g/mol. The van der Waals surface area contributed by atoms with Gasteiger partial charge in [-0.15, -0.1) is 0 Å². The smallest absolute Gasteiger partial charge is 0.317 e. The van der Waals surface area contributed by atoms with Crippen molar-refractivity contribution in [3.63, 3.8) is 0 Å². The third-order valence-electron chi connectivity index (χ3n) is 4.25. The van der Waals surface area contributed by atoms with E-state index in [9.17, 15) is 18.4 Å². The Morgan fingerprint density at radius 1 is 1.35 bits per heavy atom. The minimum absolute atomic E-state index is 0.0122. The Hall–Kier alpha value is -2.06. The fourth-order valence-electron chi connectivity index (χ4n) is 3.00. The Labute approximate surface area is 151 Å². The summed E-state index contributed by atoms with van der Waals surface area (Å²) < 4.78 is 31.7. The number of carbonyl (C=O) groups excluding carboxylic acids is 1. The van der Waals surface area contributed by atoms with Gasteiger partial charge in [-0.05, 0) is 37.6 Å². The quantitative estimate of drug-likeness (QED) is 0.752. The number of hydrogen-bond acceptors (Lipinski definition) is 4. The first-order valence-electron chi connectivity index (χ1n) is 8.59. The first kappa shape index (κ1) is 20.3. The summed E-state index contributed by atoms with van der Waals surface area (Å²) in [5.74, 6) is -2.68. The van der Waals surface area contributed by atoms with Gasteiger partial charge in [0.2, 0.25) is 5.91 Å². The van der Waals surface area contributed by atoms with Gasteiger partial charge in [0.25, 0.3) is 0 Å². The molecule has 8 heteroatoms. The van der Waals surface area contributed by atoms with Crippen LogP contribution in [-0.2, 0) is 20.7 Å². The lowest BCUT2D eigenvalue weighted by Crippen LogP contribution is -2.49. The maximum Gasteiger partial charge on any atom is 0.317 e. The second-order valence-electron chi connectivity index (χ2n) is 6.53. The van der Waals surface area contributed by atoms with Crippen LogP contribution in [0.25, 0.3) is 0 Å². The summed E-state index contributed by atoms with van der Waals surface area (Å²) in [5, 5.41) is 8.79. The van der Waals surface area contributed by atoms with Gasteiger partial charge in [-0.2, -0.15) is 0 Å². The van der Waals surface area contributed by atoms with E-state index in [1.54, 1.807) is 16.8 Å². The van der Waals surface area contributed by atoms with Crippen LogP contribution in [0.3, 0.4) is 0 Å². The number of aryl methyl sites for hydroxylation is 1. The number of hydrogen-bond donors (Lipinski definition) is 1. The maximum absolute atomic E-state index is 13.2. The molecule has 2 rings (SSSR count). The van der Waals surface area contributed by atoms with Gasteiger partial charge in [0.1, 0.15) is 0 Å². The molecule has 0 bridgehead atoms. The number of benzene rings is 1. The maximum atomic E-state index is 13.2. The minimum atomic E-state index is -0.909. The van der Waals surface area contributed by atoms with E-state index in [0.29, 0.717) is 51.1 Å². The highest BCUT2D eigenvalue weighted by Gasteiger charge is 2.25. The molecule has 1 atom stereocenters. The van der Waals surface area contributed by atoms with Gasteiger partial charge in [-0.3, -0.25) is 14.5 Å². The van der Waals surface area contributed by atoms with Crippen molar-refractivity contribution >= 4 is 11.9 Å². The number of carbonyl (C=O) groups is 2. The lowest BCUT2D eigenvalue weighted by atomic mass is 10.1. The first-order valence-corrected chi connectivity index (χ1v) is 8.59. The Bertz CT molecular complexity index is 642. The number of ether oxygens (including phenoxy) is 1. The zero-order valence-corrected chi connectivity index (χ0v) is 14.8. The summed E-state index contributed by atoms with van der Waals surface area (Å²) in [6.45, 7) is 1.70. The normalized spacial score (nSPS) is 17.5. The van der Waals surface area contributed by atoms with Crippen LogP contribution >= 0.6 is 0 Å². The molecule has 1 aromatic rings. The van der Waals surface area contributed by atoms with Crippen molar-refractivity contribution in [3.05, 3.63) is 35.4 Å². The van der Waals surface area contributed by atoms with E-state index in [1.807, 2.05) is 0 Å². The molecule has 1 aliphatic rings. The van der Waals surface area contributed by atoms with Crippen LogP contribution in [0, 0.1) is 11.6 Å². The fraction of sp³-hybridized carbons (Fsp3) is 0.556. The molecule has 1 N–H and O–H groups in total. The van der Waals surface area contributed by atoms with Crippen LogP contribution in [-0.4, -0.2) is 72.7 Å². The third-order valence-corrected chi connectivity index (χ3v) is 4.25. The van der Waals surface area contributed by atoms with E-state index in [0.717, 1.165) is 12.1 Å². The second kappa shape index (κ2) is 9.59. The van der Waals surface area contributed by atoms with E-state index >= 15 is 0 Å². The predicted molar refractivity (Wildman–Crippen MR) is 90.7 cm³/mol. The molecule has 1 aliphatic heterocycles. The number of halogens is 2. The molecule has 1 fully saturated rings. The topological polar surface area (TPSA) is 70.1 Å². The molecular formula is C18H24F2N2O4. The van der Waals surface area contributed by atoms with Crippen molar-refractivity contribution in [2.45, 2.75) is 25.4 Å². The van der Waals surface area contributed by atoms with Gasteiger partial charge in [0.15, 0.2) is 11.6 Å². The first-order chi connectivity index (χ1) is 12.3. The summed E-state index contributed by atoms with van der Waals surface area (Å²) in [4.78, 5) is 26.4. The van der Waals surface area contributed by atoms with E-state index in [4.69, 9.17) is 9.84 Å². The van der Waals surface area contributed by atoms with Crippen LogP contribution in [0.1, 0.15) is 18.4 Å². The fourth-order valence-corrected chi connectivity index (χ4v) is 3.00. The molecule has 0 aliphatic carbocycles. The summed E-state index contributed by atoms with van der Waals surface area (Å²) in [7, 11) is 1.69. The molecule has 1 unspecified atom stereocenters. The molecule has 0 saturated carbocycles. The second-order valence-corrected chi connectivity index (χ2v) is 6.53. The number of aliphatic carboxylic acids is 1. The van der Waals surface area contributed by atoms with Crippen LogP contribution in [0.2, 0.25) is 0 Å². The zero-order valence-electron chi connectivity index (χ0n) is 14.8. The molecule has 0 radical (unpaired) electrons. The Morgan fingerprint density at radius 3 is 2.81 bits per heavy atom. The molecule has 1 heterocycles. The Kier molecular flexibility index (Phi) is 7.47. The number of amides is 1. The van der Waals surface area contributed by atoms with E-state index < -0.39 is 17.6 Å². The van der Waals surface area contributed by atoms with Gasteiger partial charge in [0, 0.05) is 26.1 Å². The molecule has 1 aromatic carbocycles. The predicted octanol–water partition coefficient (Wildman–Crippen LogP) is 1.53. The van der Waals surface area contributed by atoms with Crippen molar-refractivity contribution in [1.82, 2.24) is 9.80 Å². The van der Waals surface area contributed by atoms with Gasteiger partial charge in [0.05, 0.1) is 19.3 Å². The number of carboxylic acid groups (broad SMARTS) is 1. The number of rotatable bonds is 8. The van der Waals surface area contributed by atoms with Crippen molar-refractivity contribution in [2.24, 2.45) is 0 Å².